The van der Waals surface area contributed by atoms with Crippen molar-refractivity contribution in [1.29, 1.82) is 0 Å². The average Bonchev–Trinajstić information content (AvgIpc) is 2.36. The minimum atomic E-state index is 0.141. The molecule has 1 amide bonds. The van der Waals surface area contributed by atoms with Crippen LogP contribution in [0.15, 0.2) is 18.2 Å². The van der Waals surface area contributed by atoms with Gasteiger partial charge in [0.15, 0.2) is 11.5 Å². The Balaban J connectivity index is 1.67. The average molecular weight is 262 g/mol. The van der Waals surface area contributed by atoms with E-state index in [4.69, 9.17) is 9.47 Å². The summed E-state index contributed by atoms with van der Waals surface area (Å²) in [5.41, 5.74) is 1.06. The van der Waals surface area contributed by atoms with Gasteiger partial charge in [0.05, 0.1) is 5.92 Å². The molecular formula is C14H18N2O3. The van der Waals surface area contributed by atoms with Crippen LogP contribution in [-0.2, 0) is 11.3 Å². The Bertz CT molecular complexity index is 486. The number of benzene rings is 1. The van der Waals surface area contributed by atoms with Crippen molar-refractivity contribution in [2.45, 2.75) is 6.54 Å². The topological polar surface area (TPSA) is 50.8 Å². The van der Waals surface area contributed by atoms with E-state index in [9.17, 15) is 4.79 Å². The molecule has 0 saturated carbocycles. The maximum absolute atomic E-state index is 12.0. The number of nitrogens with one attached hydrogen (secondary N) is 1. The third-order valence-electron chi connectivity index (χ3n) is 3.53. The van der Waals surface area contributed by atoms with Gasteiger partial charge < -0.3 is 19.7 Å². The zero-order valence-electron chi connectivity index (χ0n) is 11.0. The standard InChI is InChI=1S/C14H18N2O3/c1-16(14(17)11-7-15-8-11)9-10-2-3-12-13(6-10)19-5-4-18-12/h2-3,6,11,15H,4-5,7-9H2,1H3. The van der Waals surface area contributed by atoms with E-state index < -0.39 is 0 Å². The van der Waals surface area contributed by atoms with Gasteiger partial charge in [0.1, 0.15) is 13.2 Å². The molecule has 0 aromatic heterocycles. The molecule has 0 bridgehead atoms. The highest BCUT2D eigenvalue weighted by Crippen LogP contribution is 2.31. The zero-order valence-corrected chi connectivity index (χ0v) is 11.0. The lowest BCUT2D eigenvalue weighted by atomic mass is 10.0. The van der Waals surface area contributed by atoms with Crippen molar-refractivity contribution in [3.63, 3.8) is 0 Å². The van der Waals surface area contributed by atoms with E-state index in [1.807, 2.05) is 25.2 Å². The predicted molar refractivity (Wildman–Crippen MR) is 70.3 cm³/mol. The summed E-state index contributed by atoms with van der Waals surface area (Å²) in [6.07, 6.45) is 0. The van der Waals surface area contributed by atoms with Gasteiger partial charge in [-0.25, -0.2) is 0 Å². The fraction of sp³-hybridized carbons (Fsp3) is 0.500. The van der Waals surface area contributed by atoms with Crippen molar-refractivity contribution in [3.8, 4) is 11.5 Å². The van der Waals surface area contributed by atoms with Crippen LogP contribution in [-0.4, -0.2) is 44.2 Å². The Morgan fingerprint density at radius 3 is 2.74 bits per heavy atom. The van der Waals surface area contributed by atoms with Gasteiger partial charge in [0.2, 0.25) is 5.91 Å². The molecule has 1 aromatic carbocycles. The molecule has 1 fully saturated rings. The molecule has 5 nitrogen and oxygen atoms in total. The van der Waals surface area contributed by atoms with Gasteiger partial charge in [-0.05, 0) is 17.7 Å². The van der Waals surface area contributed by atoms with E-state index in [0.29, 0.717) is 19.8 Å². The molecule has 0 aliphatic carbocycles. The molecule has 1 N–H and O–H groups in total. The fourth-order valence-electron chi connectivity index (χ4n) is 2.31. The van der Waals surface area contributed by atoms with Crippen LogP contribution < -0.4 is 14.8 Å². The molecule has 3 rings (SSSR count). The Morgan fingerprint density at radius 1 is 1.32 bits per heavy atom. The van der Waals surface area contributed by atoms with Crippen LogP contribution in [0.25, 0.3) is 0 Å². The number of ether oxygens (including phenoxy) is 2. The van der Waals surface area contributed by atoms with E-state index in [0.717, 1.165) is 30.2 Å². The van der Waals surface area contributed by atoms with E-state index in [1.165, 1.54) is 0 Å². The molecular weight excluding hydrogens is 244 g/mol. The van der Waals surface area contributed by atoms with Gasteiger partial charge in [-0.1, -0.05) is 6.07 Å². The highest BCUT2D eigenvalue weighted by Gasteiger charge is 2.27. The van der Waals surface area contributed by atoms with E-state index in [-0.39, 0.29) is 11.8 Å². The molecule has 0 spiro atoms. The number of carbonyl (C=O) groups excluding carboxylic acids is 1. The second kappa shape index (κ2) is 5.09. The van der Waals surface area contributed by atoms with E-state index >= 15 is 0 Å². The van der Waals surface area contributed by atoms with Crippen LogP contribution in [0.5, 0.6) is 11.5 Å². The summed E-state index contributed by atoms with van der Waals surface area (Å²) in [4.78, 5) is 13.8. The monoisotopic (exact) mass is 262 g/mol. The number of nitrogens with zero attached hydrogens (tertiary/aromatic N) is 1. The molecule has 102 valence electrons. The molecule has 1 saturated heterocycles. The highest BCUT2D eigenvalue weighted by atomic mass is 16.6. The maximum Gasteiger partial charge on any atom is 0.228 e. The number of hydrogen-bond acceptors (Lipinski definition) is 4. The zero-order chi connectivity index (χ0) is 13.2. The van der Waals surface area contributed by atoms with Gasteiger partial charge in [-0.2, -0.15) is 0 Å². The molecule has 0 unspecified atom stereocenters. The highest BCUT2D eigenvalue weighted by molar-refractivity contribution is 5.80. The SMILES string of the molecule is CN(Cc1ccc2c(c1)OCCO2)C(=O)C1CNC1. The van der Waals surface area contributed by atoms with E-state index in [2.05, 4.69) is 5.32 Å². The van der Waals surface area contributed by atoms with Crippen molar-refractivity contribution < 1.29 is 14.3 Å². The molecule has 1 aromatic rings. The van der Waals surface area contributed by atoms with Crippen molar-refractivity contribution in [2.75, 3.05) is 33.4 Å². The summed E-state index contributed by atoms with van der Waals surface area (Å²) < 4.78 is 11.0. The Hall–Kier alpha value is -1.75. The van der Waals surface area contributed by atoms with Crippen LogP contribution in [0.2, 0.25) is 0 Å². The van der Waals surface area contributed by atoms with Crippen LogP contribution in [0, 0.1) is 5.92 Å². The normalized spacial score (nSPS) is 17.7. The summed E-state index contributed by atoms with van der Waals surface area (Å²) in [7, 11) is 1.84. The first-order chi connectivity index (χ1) is 9.24. The van der Waals surface area contributed by atoms with Gasteiger partial charge in [0, 0.05) is 26.7 Å². The predicted octanol–water partition coefficient (Wildman–Crippen LogP) is 0.636. The first-order valence-electron chi connectivity index (χ1n) is 6.58. The Kier molecular flexibility index (Phi) is 3.29. The Morgan fingerprint density at radius 2 is 2.05 bits per heavy atom. The number of fused-ring (bicyclic) bond motifs is 1. The third kappa shape index (κ3) is 2.51. The fourth-order valence-corrected chi connectivity index (χ4v) is 2.31. The largest absolute Gasteiger partial charge is 0.486 e. The number of carbonyl (C=O) groups is 1. The van der Waals surface area contributed by atoms with Crippen LogP contribution in [0.4, 0.5) is 0 Å². The minimum Gasteiger partial charge on any atom is -0.486 e. The van der Waals surface area contributed by atoms with Crippen molar-refractivity contribution in [1.82, 2.24) is 10.2 Å². The number of amides is 1. The lowest BCUT2D eigenvalue weighted by Gasteiger charge is -2.30. The number of hydrogen-bond donors (Lipinski definition) is 1. The lowest BCUT2D eigenvalue weighted by Crippen LogP contribution is -2.50. The van der Waals surface area contributed by atoms with Crippen molar-refractivity contribution in [3.05, 3.63) is 23.8 Å². The molecule has 0 radical (unpaired) electrons. The van der Waals surface area contributed by atoms with Gasteiger partial charge in [-0.3, -0.25) is 4.79 Å². The molecule has 5 heteroatoms. The molecule has 2 aliphatic rings. The first-order valence-corrected chi connectivity index (χ1v) is 6.58. The summed E-state index contributed by atoms with van der Waals surface area (Å²) >= 11 is 0. The molecule has 0 atom stereocenters. The van der Waals surface area contributed by atoms with Crippen molar-refractivity contribution >= 4 is 5.91 Å². The number of rotatable bonds is 3. The molecule has 2 heterocycles. The maximum atomic E-state index is 12.0. The van der Waals surface area contributed by atoms with Gasteiger partial charge >= 0.3 is 0 Å². The summed E-state index contributed by atoms with van der Waals surface area (Å²) in [6.45, 7) is 3.37. The summed E-state index contributed by atoms with van der Waals surface area (Å²) in [6, 6.07) is 5.85. The van der Waals surface area contributed by atoms with Gasteiger partial charge in [0.25, 0.3) is 0 Å². The first kappa shape index (κ1) is 12.3. The molecule has 2 aliphatic heterocycles. The Labute approximate surface area is 112 Å². The summed E-state index contributed by atoms with van der Waals surface area (Å²) in [5.74, 6) is 1.90. The van der Waals surface area contributed by atoms with Crippen LogP contribution >= 0.6 is 0 Å². The lowest BCUT2D eigenvalue weighted by molar-refractivity contribution is -0.136. The second-order valence-electron chi connectivity index (χ2n) is 5.03. The van der Waals surface area contributed by atoms with Gasteiger partial charge in [-0.15, -0.1) is 0 Å². The van der Waals surface area contributed by atoms with Crippen LogP contribution in [0.3, 0.4) is 0 Å². The van der Waals surface area contributed by atoms with Crippen molar-refractivity contribution in [2.24, 2.45) is 5.92 Å². The quantitative estimate of drug-likeness (QED) is 0.868. The smallest absolute Gasteiger partial charge is 0.228 e. The second-order valence-corrected chi connectivity index (χ2v) is 5.03. The third-order valence-corrected chi connectivity index (χ3v) is 3.53. The van der Waals surface area contributed by atoms with Crippen LogP contribution in [0.1, 0.15) is 5.56 Å². The summed E-state index contributed by atoms with van der Waals surface area (Å²) in [5, 5.41) is 3.12. The molecule has 19 heavy (non-hydrogen) atoms. The van der Waals surface area contributed by atoms with E-state index in [1.54, 1.807) is 4.90 Å². The minimum absolute atomic E-state index is 0.141.